The molecule has 0 aliphatic rings. The molecule has 0 radical (unpaired) electrons. The summed E-state index contributed by atoms with van der Waals surface area (Å²) in [5.41, 5.74) is 0.217. The van der Waals surface area contributed by atoms with Gasteiger partial charge in [0.2, 0.25) is 5.91 Å². The van der Waals surface area contributed by atoms with Crippen LogP contribution in [0.5, 0.6) is 0 Å². The zero-order valence-corrected chi connectivity index (χ0v) is 25.3. The number of aromatic nitrogens is 2. The number of nitrogens with zero attached hydrogens (tertiary/aromatic N) is 2. The van der Waals surface area contributed by atoms with Gasteiger partial charge in [-0.05, 0) is 49.7 Å². The number of esters is 1. The van der Waals surface area contributed by atoms with Gasteiger partial charge in [-0.1, -0.05) is 58.0 Å². The lowest BCUT2D eigenvalue weighted by Crippen LogP contribution is -2.19. The fourth-order valence-electron chi connectivity index (χ4n) is 3.68. The van der Waals surface area contributed by atoms with Gasteiger partial charge in [-0.3, -0.25) is 9.59 Å². The molecule has 2 heterocycles. The van der Waals surface area contributed by atoms with Crippen LogP contribution >= 0.6 is 39.0 Å². The first-order valence-corrected chi connectivity index (χ1v) is 14.9. The van der Waals surface area contributed by atoms with E-state index in [4.69, 9.17) is 4.74 Å². The molecule has 0 bridgehead atoms. The van der Waals surface area contributed by atoms with Crippen LogP contribution in [0, 0.1) is 6.92 Å². The minimum absolute atomic E-state index is 0.0422. The molecule has 2 N–H and O–H groups in total. The number of anilines is 2. The molecule has 4 rings (SSSR count). The van der Waals surface area contributed by atoms with Crippen molar-refractivity contribution in [3.8, 4) is 11.3 Å². The first-order chi connectivity index (χ1) is 20.0. The van der Waals surface area contributed by atoms with Crippen molar-refractivity contribution in [3.05, 3.63) is 86.8 Å². The van der Waals surface area contributed by atoms with E-state index in [0.29, 0.717) is 28.6 Å². The van der Waals surface area contributed by atoms with Crippen LogP contribution in [-0.4, -0.2) is 40.1 Å². The number of thioether (sulfide) groups is 1. The molecule has 4 aromatic rings. The third kappa shape index (κ3) is 7.75. The molecule has 8 nitrogen and oxygen atoms in total. The molecule has 218 valence electrons. The molecular formula is C28H22BrF3N4O4S2. The van der Waals surface area contributed by atoms with Crippen molar-refractivity contribution >= 4 is 67.5 Å². The van der Waals surface area contributed by atoms with Gasteiger partial charge in [-0.25, -0.2) is 14.8 Å². The van der Waals surface area contributed by atoms with Gasteiger partial charge in [0.25, 0.3) is 5.91 Å². The maximum Gasteiger partial charge on any atom is 0.433 e. The normalized spacial score (nSPS) is 11.2. The summed E-state index contributed by atoms with van der Waals surface area (Å²) in [6.45, 7) is 3.31. The zero-order valence-electron chi connectivity index (χ0n) is 22.0. The van der Waals surface area contributed by atoms with Crippen LogP contribution < -0.4 is 10.6 Å². The molecule has 2 aromatic carbocycles. The Balaban J connectivity index is 1.58. The number of carbonyl (C=O) groups excluding carboxylic acids is 3. The Morgan fingerprint density at radius 1 is 1.02 bits per heavy atom. The second-order valence-electron chi connectivity index (χ2n) is 8.56. The molecule has 0 unspecified atom stereocenters. The molecule has 0 spiro atoms. The summed E-state index contributed by atoms with van der Waals surface area (Å²) in [5, 5.41) is 5.18. The van der Waals surface area contributed by atoms with Crippen LogP contribution in [0.1, 0.15) is 38.2 Å². The van der Waals surface area contributed by atoms with Gasteiger partial charge in [0.1, 0.15) is 15.6 Å². The van der Waals surface area contributed by atoms with Gasteiger partial charge in [-0.15, -0.1) is 11.3 Å². The quantitative estimate of drug-likeness (QED) is 0.107. The molecule has 0 aliphatic heterocycles. The Morgan fingerprint density at radius 2 is 1.71 bits per heavy atom. The highest BCUT2D eigenvalue weighted by Gasteiger charge is 2.34. The molecule has 2 amide bonds. The molecule has 42 heavy (non-hydrogen) atoms. The summed E-state index contributed by atoms with van der Waals surface area (Å²) < 4.78 is 46.6. The maximum atomic E-state index is 13.6. The van der Waals surface area contributed by atoms with Crippen LogP contribution in [0.15, 0.2) is 70.3 Å². The number of ether oxygens (including phenoxy) is 1. The molecule has 0 atom stereocenters. The lowest BCUT2D eigenvalue weighted by atomic mass is 10.1. The van der Waals surface area contributed by atoms with E-state index in [1.165, 1.54) is 0 Å². The van der Waals surface area contributed by atoms with Crippen LogP contribution in [0.4, 0.5) is 23.9 Å². The smallest absolute Gasteiger partial charge is 0.433 e. The third-order valence-corrected chi connectivity index (χ3v) is 8.15. The predicted molar refractivity (Wildman–Crippen MR) is 159 cm³/mol. The van der Waals surface area contributed by atoms with Gasteiger partial charge < -0.3 is 15.4 Å². The van der Waals surface area contributed by atoms with Crippen LogP contribution in [0.2, 0.25) is 0 Å². The van der Waals surface area contributed by atoms with E-state index < -0.39 is 29.7 Å². The standard InChI is InChI=1S/C28H22BrF3N4O4S2/c1-3-40-26(39)23-15(2)22(24(38)33-18-7-5-4-6-8-18)25(42-23)36-21(37)14-41-27-34-19(13-20(35-27)28(30,31)32)16-9-11-17(29)12-10-16/h4-13H,3,14H2,1-2H3,(H,33,38)(H,36,37). The Hall–Kier alpha value is -3.75. The molecular weight excluding hydrogens is 657 g/mol. The third-order valence-electron chi connectivity index (χ3n) is 5.59. The first kappa shape index (κ1) is 31.2. The highest BCUT2D eigenvalue weighted by molar-refractivity contribution is 9.10. The lowest BCUT2D eigenvalue weighted by molar-refractivity contribution is -0.141. The van der Waals surface area contributed by atoms with Crippen molar-refractivity contribution < 1.29 is 32.3 Å². The van der Waals surface area contributed by atoms with E-state index in [0.717, 1.165) is 21.9 Å². The fourth-order valence-corrected chi connectivity index (χ4v) is 5.71. The van der Waals surface area contributed by atoms with Crippen molar-refractivity contribution in [3.63, 3.8) is 0 Å². The topological polar surface area (TPSA) is 110 Å². The summed E-state index contributed by atoms with van der Waals surface area (Å²) in [6.07, 6.45) is -4.73. The van der Waals surface area contributed by atoms with E-state index in [2.05, 4.69) is 36.5 Å². The van der Waals surface area contributed by atoms with Gasteiger partial charge in [-0.2, -0.15) is 13.2 Å². The van der Waals surface area contributed by atoms with Crippen LogP contribution in [-0.2, 0) is 15.7 Å². The zero-order chi connectivity index (χ0) is 30.4. The number of benzene rings is 2. The van der Waals surface area contributed by atoms with E-state index in [-0.39, 0.29) is 38.7 Å². The van der Waals surface area contributed by atoms with E-state index >= 15 is 0 Å². The van der Waals surface area contributed by atoms with Crippen molar-refractivity contribution in [1.82, 2.24) is 9.97 Å². The van der Waals surface area contributed by atoms with Crippen LogP contribution in [0.25, 0.3) is 11.3 Å². The molecule has 0 saturated heterocycles. The number of halogens is 4. The summed E-state index contributed by atoms with van der Waals surface area (Å²) in [7, 11) is 0. The van der Waals surface area contributed by atoms with Gasteiger partial charge >= 0.3 is 12.1 Å². The van der Waals surface area contributed by atoms with Crippen molar-refractivity contribution in [2.45, 2.75) is 25.2 Å². The Labute approximate surface area is 255 Å². The van der Waals surface area contributed by atoms with Crippen molar-refractivity contribution in [2.24, 2.45) is 0 Å². The monoisotopic (exact) mass is 678 g/mol. The number of hydrogen-bond acceptors (Lipinski definition) is 8. The number of hydrogen-bond donors (Lipinski definition) is 2. The average Bonchev–Trinajstić information content (AvgIpc) is 3.27. The number of amides is 2. The molecule has 0 saturated carbocycles. The highest BCUT2D eigenvalue weighted by atomic mass is 79.9. The summed E-state index contributed by atoms with van der Waals surface area (Å²) in [6, 6.07) is 16.0. The van der Waals surface area contributed by atoms with E-state index in [1.54, 1.807) is 68.4 Å². The van der Waals surface area contributed by atoms with Gasteiger partial charge in [0.05, 0.1) is 23.6 Å². The van der Waals surface area contributed by atoms with Gasteiger partial charge in [0.15, 0.2) is 5.16 Å². The number of thiophene rings is 1. The maximum absolute atomic E-state index is 13.6. The summed E-state index contributed by atoms with van der Waals surface area (Å²) in [4.78, 5) is 46.6. The largest absolute Gasteiger partial charge is 0.462 e. The number of rotatable bonds is 9. The lowest BCUT2D eigenvalue weighted by Gasteiger charge is -2.11. The summed E-state index contributed by atoms with van der Waals surface area (Å²) in [5.74, 6) is -2.22. The minimum atomic E-state index is -4.73. The fraction of sp³-hybridized carbons (Fsp3) is 0.179. The Kier molecular flexibility index (Phi) is 10.0. The molecule has 0 fully saturated rings. The number of para-hydroxylation sites is 1. The number of carbonyl (C=O) groups is 3. The predicted octanol–water partition coefficient (Wildman–Crippen LogP) is 7.45. The summed E-state index contributed by atoms with van der Waals surface area (Å²) >= 11 is 4.86. The Morgan fingerprint density at radius 3 is 2.36 bits per heavy atom. The highest BCUT2D eigenvalue weighted by Crippen LogP contribution is 2.35. The number of nitrogens with one attached hydrogen (secondary N) is 2. The van der Waals surface area contributed by atoms with Gasteiger partial charge in [0, 0.05) is 15.7 Å². The Bertz CT molecular complexity index is 1610. The first-order valence-electron chi connectivity index (χ1n) is 12.3. The average molecular weight is 680 g/mol. The molecule has 14 heteroatoms. The van der Waals surface area contributed by atoms with E-state index in [9.17, 15) is 27.6 Å². The number of alkyl halides is 3. The SMILES string of the molecule is CCOC(=O)c1sc(NC(=O)CSc2nc(-c3ccc(Br)cc3)cc(C(F)(F)F)n2)c(C(=O)Nc2ccccc2)c1C. The molecule has 0 aliphatic carbocycles. The molecule has 2 aromatic heterocycles. The van der Waals surface area contributed by atoms with Crippen LogP contribution in [0.3, 0.4) is 0 Å². The minimum Gasteiger partial charge on any atom is -0.462 e. The van der Waals surface area contributed by atoms with Crippen molar-refractivity contribution in [1.29, 1.82) is 0 Å². The second-order valence-corrected chi connectivity index (χ2v) is 11.4. The van der Waals surface area contributed by atoms with Crippen molar-refractivity contribution in [2.75, 3.05) is 23.0 Å². The second kappa shape index (κ2) is 13.5. The van der Waals surface area contributed by atoms with E-state index in [1.807, 2.05) is 0 Å².